The Bertz CT molecular complexity index is 1120. The maximum atomic E-state index is 13.0. The van der Waals surface area contributed by atoms with Crippen LogP contribution in [0.5, 0.6) is 0 Å². The molecule has 7 nitrogen and oxygen atoms in total. The van der Waals surface area contributed by atoms with E-state index in [0.29, 0.717) is 37.6 Å². The largest absolute Gasteiger partial charge is 0.339 e. The van der Waals surface area contributed by atoms with Gasteiger partial charge in [0.2, 0.25) is 15.9 Å². The summed E-state index contributed by atoms with van der Waals surface area (Å²) >= 11 is 1.64. The van der Waals surface area contributed by atoms with Crippen molar-refractivity contribution in [2.75, 3.05) is 33.2 Å². The standard InChI is InChI=1S/C22H26N4O3S2/c1-17(24(2)16-21-23-19-10-6-7-11-20(19)30-21)22(27)25-12-14-26(15-13-25)31(28,29)18-8-4-3-5-9-18/h3-11,17H,12-16H2,1-2H3/t17-/m1/s1. The second-order valence-corrected chi connectivity index (χ2v) is 10.8. The summed E-state index contributed by atoms with van der Waals surface area (Å²) in [5, 5.41) is 0.974. The number of aromatic nitrogens is 1. The molecule has 0 spiro atoms. The van der Waals surface area contributed by atoms with Gasteiger partial charge in [0.25, 0.3) is 0 Å². The molecule has 1 aliphatic heterocycles. The van der Waals surface area contributed by atoms with Crippen molar-refractivity contribution < 1.29 is 13.2 Å². The van der Waals surface area contributed by atoms with E-state index in [1.807, 2.05) is 43.1 Å². The molecule has 0 bridgehead atoms. The molecular formula is C22H26N4O3S2. The fraction of sp³-hybridized carbons (Fsp3) is 0.364. The average Bonchev–Trinajstić information content (AvgIpc) is 3.21. The van der Waals surface area contributed by atoms with Crippen LogP contribution in [0.15, 0.2) is 59.5 Å². The Balaban J connectivity index is 1.35. The van der Waals surface area contributed by atoms with E-state index in [2.05, 4.69) is 4.98 Å². The van der Waals surface area contributed by atoms with Crippen molar-refractivity contribution in [1.82, 2.24) is 19.1 Å². The highest BCUT2D eigenvalue weighted by molar-refractivity contribution is 7.89. The molecule has 1 aromatic heterocycles. The number of thiazole rings is 1. The summed E-state index contributed by atoms with van der Waals surface area (Å²) in [7, 11) is -1.60. The lowest BCUT2D eigenvalue weighted by Crippen LogP contribution is -2.54. The van der Waals surface area contributed by atoms with E-state index in [1.54, 1.807) is 46.6 Å². The quantitative estimate of drug-likeness (QED) is 0.568. The molecule has 4 rings (SSSR count). The molecule has 0 aliphatic carbocycles. The molecule has 0 unspecified atom stereocenters. The number of carbonyl (C=O) groups is 1. The number of carbonyl (C=O) groups excluding carboxylic acids is 1. The molecule has 2 heterocycles. The van der Waals surface area contributed by atoms with Gasteiger partial charge in [0.1, 0.15) is 5.01 Å². The fourth-order valence-corrected chi connectivity index (χ4v) is 6.16. The molecule has 1 aliphatic rings. The molecule has 1 atom stereocenters. The Morgan fingerprint density at radius 3 is 2.39 bits per heavy atom. The highest BCUT2D eigenvalue weighted by Crippen LogP contribution is 2.23. The van der Waals surface area contributed by atoms with Crippen LogP contribution in [0.4, 0.5) is 0 Å². The molecule has 31 heavy (non-hydrogen) atoms. The number of piperazine rings is 1. The Morgan fingerprint density at radius 1 is 1.06 bits per heavy atom. The van der Waals surface area contributed by atoms with Gasteiger partial charge in [-0.3, -0.25) is 9.69 Å². The zero-order valence-corrected chi connectivity index (χ0v) is 19.3. The van der Waals surface area contributed by atoms with Crippen LogP contribution in [-0.2, 0) is 21.4 Å². The van der Waals surface area contributed by atoms with E-state index in [1.165, 1.54) is 4.31 Å². The first kappa shape index (κ1) is 21.9. The molecule has 164 valence electrons. The maximum Gasteiger partial charge on any atom is 0.243 e. The summed E-state index contributed by atoms with van der Waals surface area (Å²) in [6.07, 6.45) is 0. The first-order valence-electron chi connectivity index (χ1n) is 10.2. The summed E-state index contributed by atoms with van der Waals surface area (Å²) in [4.78, 5) is 21.7. The highest BCUT2D eigenvalue weighted by atomic mass is 32.2. The number of fused-ring (bicyclic) bond motifs is 1. The van der Waals surface area contributed by atoms with E-state index < -0.39 is 10.0 Å². The van der Waals surface area contributed by atoms with E-state index in [4.69, 9.17) is 0 Å². The normalized spacial score (nSPS) is 16.7. The number of hydrogen-bond donors (Lipinski definition) is 0. The second kappa shape index (κ2) is 9.04. The fourth-order valence-electron chi connectivity index (χ4n) is 3.68. The Hall–Kier alpha value is -2.33. The number of para-hydroxylation sites is 1. The third-order valence-electron chi connectivity index (χ3n) is 5.67. The lowest BCUT2D eigenvalue weighted by molar-refractivity contribution is -0.137. The van der Waals surface area contributed by atoms with Gasteiger partial charge in [-0.15, -0.1) is 11.3 Å². The molecule has 0 radical (unpaired) electrons. The average molecular weight is 459 g/mol. The zero-order valence-electron chi connectivity index (χ0n) is 17.6. The third-order valence-corrected chi connectivity index (χ3v) is 8.61. The summed E-state index contributed by atoms with van der Waals surface area (Å²) < 4.78 is 28.2. The molecule has 3 aromatic rings. The zero-order chi connectivity index (χ0) is 22.0. The summed E-state index contributed by atoms with van der Waals surface area (Å²) in [5.41, 5.74) is 0.977. The SMILES string of the molecule is C[C@H](C(=O)N1CCN(S(=O)(=O)c2ccccc2)CC1)N(C)Cc1nc2ccccc2s1. The van der Waals surface area contributed by atoms with E-state index in [0.717, 1.165) is 15.2 Å². The van der Waals surface area contributed by atoms with Crippen LogP contribution in [0.3, 0.4) is 0 Å². The van der Waals surface area contributed by atoms with Crippen LogP contribution in [0.25, 0.3) is 10.2 Å². The Kier molecular flexibility index (Phi) is 6.38. The lowest BCUT2D eigenvalue weighted by Gasteiger charge is -2.36. The monoisotopic (exact) mass is 458 g/mol. The van der Waals surface area contributed by atoms with Gasteiger partial charge in [-0.2, -0.15) is 4.31 Å². The van der Waals surface area contributed by atoms with Crippen molar-refractivity contribution in [3.63, 3.8) is 0 Å². The molecule has 1 saturated heterocycles. The van der Waals surface area contributed by atoms with E-state index in [9.17, 15) is 13.2 Å². The Labute approximate surface area is 187 Å². The van der Waals surface area contributed by atoms with Crippen molar-refractivity contribution >= 4 is 37.5 Å². The highest BCUT2D eigenvalue weighted by Gasteiger charge is 2.32. The first-order valence-corrected chi connectivity index (χ1v) is 12.5. The van der Waals surface area contributed by atoms with E-state index in [-0.39, 0.29) is 11.9 Å². The summed E-state index contributed by atoms with van der Waals surface area (Å²) in [5.74, 6) is 0.0142. The molecule has 2 aromatic carbocycles. The van der Waals surface area contributed by atoms with Gasteiger partial charge in [0.15, 0.2) is 0 Å². The van der Waals surface area contributed by atoms with Crippen LogP contribution < -0.4 is 0 Å². The molecule has 9 heteroatoms. The number of hydrogen-bond acceptors (Lipinski definition) is 6. The van der Waals surface area contributed by atoms with Crippen LogP contribution in [0.1, 0.15) is 11.9 Å². The van der Waals surface area contributed by atoms with Gasteiger partial charge < -0.3 is 4.90 Å². The number of nitrogens with zero attached hydrogens (tertiary/aromatic N) is 4. The second-order valence-electron chi connectivity index (χ2n) is 7.71. The topological polar surface area (TPSA) is 73.8 Å². The predicted octanol–water partition coefficient (Wildman–Crippen LogP) is 2.65. The minimum absolute atomic E-state index is 0.0142. The predicted molar refractivity (Wildman–Crippen MR) is 122 cm³/mol. The lowest BCUT2D eigenvalue weighted by atomic mass is 10.2. The third kappa shape index (κ3) is 4.64. The van der Waals surface area contributed by atoms with Gasteiger partial charge in [0, 0.05) is 26.2 Å². The van der Waals surface area contributed by atoms with Crippen molar-refractivity contribution in [2.45, 2.75) is 24.4 Å². The van der Waals surface area contributed by atoms with Crippen LogP contribution in [0, 0.1) is 0 Å². The molecular weight excluding hydrogens is 432 g/mol. The number of likely N-dealkylation sites (N-methyl/N-ethyl adjacent to an activating group) is 1. The minimum Gasteiger partial charge on any atom is -0.339 e. The number of benzene rings is 2. The van der Waals surface area contributed by atoms with Gasteiger partial charge in [-0.1, -0.05) is 30.3 Å². The minimum atomic E-state index is -3.52. The van der Waals surface area contributed by atoms with Crippen LogP contribution in [0.2, 0.25) is 0 Å². The number of sulfonamides is 1. The molecule has 0 saturated carbocycles. The number of amides is 1. The van der Waals surface area contributed by atoms with Crippen molar-refractivity contribution in [1.29, 1.82) is 0 Å². The molecule has 1 fully saturated rings. The van der Waals surface area contributed by atoms with Crippen LogP contribution >= 0.6 is 11.3 Å². The van der Waals surface area contributed by atoms with Crippen molar-refractivity contribution in [2.24, 2.45) is 0 Å². The first-order chi connectivity index (χ1) is 14.9. The summed E-state index contributed by atoms with van der Waals surface area (Å²) in [6, 6.07) is 16.1. The smallest absolute Gasteiger partial charge is 0.243 e. The van der Waals surface area contributed by atoms with E-state index >= 15 is 0 Å². The van der Waals surface area contributed by atoms with Crippen molar-refractivity contribution in [3.8, 4) is 0 Å². The molecule has 0 N–H and O–H groups in total. The van der Waals surface area contributed by atoms with Gasteiger partial charge in [0.05, 0.1) is 27.7 Å². The molecule has 1 amide bonds. The van der Waals surface area contributed by atoms with Gasteiger partial charge in [-0.25, -0.2) is 13.4 Å². The van der Waals surface area contributed by atoms with Gasteiger partial charge >= 0.3 is 0 Å². The maximum absolute atomic E-state index is 13.0. The van der Waals surface area contributed by atoms with Crippen LogP contribution in [-0.4, -0.2) is 72.7 Å². The Morgan fingerprint density at radius 2 is 1.71 bits per heavy atom. The van der Waals surface area contributed by atoms with Gasteiger partial charge in [-0.05, 0) is 38.2 Å². The summed E-state index contributed by atoms with van der Waals surface area (Å²) in [6.45, 7) is 3.88. The number of rotatable bonds is 6. The van der Waals surface area contributed by atoms with Crippen molar-refractivity contribution in [3.05, 3.63) is 59.6 Å².